The van der Waals surface area contributed by atoms with Crippen LogP contribution in [0.15, 0.2) is 35.4 Å². The van der Waals surface area contributed by atoms with Gasteiger partial charge >= 0.3 is 11.9 Å². The fraction of sp³-hybridized carbons (Fsp3) is 0.375. The summed E-state index contributed by atoms with van der Waals surface area (Å²) in [5.41, 5.74) is 5.88. The van der Waals surface area contributed by atoms with Gasteiger partial charge in [-0.3, -0.25) is 0 Å². The first-order valence-corrected chi connectivity index (χ1v) is 6.98. The van der Waals surface area contributed by atoms with Crippen molar-refractivity contribution < 1.29 is 24.5 Å². The minimum atomic E-state index is -1.21. The van der Waals surface area contributed by atoms with Gasteiger partial charge in [0, 0.05) is 13.0 Å². The molecule has 4 N–H and O–H groups in total. The molecule has 1 aromatic carbocycles. The Morgan fingerprint density at radius 1 is 1.14 bits per heavy atom. The lowest BCUT2D eigenvalue weighted by atomic mass is 9.93. The lowest BCUT2D eigenvalue weighted by Gasteiger charge is -2.12. The molecule has 0 bridgehead atoms. The summed E-state index contributed by atoms with van der Waals surface area (Å²) in [5, 5.41) is 18.5. The highest BCUT2D eigenvalue weighted by Gasteiger charge is 2.23. The van der Waals surface area contributed by atoms with Crippen LogP contribution in [0.4, 0.5) is 0 Å². The minimum absolute atomic E-state index is 0.0479. The van der Waals surface area contributed by atoms with Crippen LogP contribution < -0.4 is 10.5 Å². The van der Waals surface area contributed by atoms with Gasteiger partial charge in [0.2, 0.25) is 0 Å². The van der Waals surface area contributed by atoms with Crippen LogP contribution in [0.2, 0.25) is 0 Å². The molecule has 0 aliphatic heterocycles. The van der Waals surface area contributed by atoms with Crippen molar-refractivity contribution in [1.82, 2.24) is 0 Å². The van der Waals surface area contributed by atoms with E-state index in [0.29, 0.717) is 24.5 Å². The number of hydrogen-bond acceptors (Lipinski definition) is 4. The van der Waals surface area contributed by atoms with E-state index >= 15 is 0 Å². The molecule has 0 aliphatic rings. The number of aliphatic carboxylic acids is 2. The second kappa shape index (κ2) is 8.19. The molecular formula is C16H21NO5. The van der Waals surface area contributed by atoms with Crippen LogP contribution in [0.1, 0.15) is 19.4 Å². The Labute approximate surface area is 129 Å². The predicted octanol–water partition coefficient (Wildman–Crippen LogP) is 1.69. The van der Waals surface area contributed by atoms with Gasteiger partial charge in [-0.25, -0.2) is 9.59 Å². The molecule has 0 aliphatic carbocycles. The average Bonchev–Trinajstić information content (AvgIpc) is 2.44. The molecule has 0 fully saturated rings. The second-order valence-electron chi connectivity index (χ2n) is 5.12. The maximum atomic E-state index is 11.4. The molecule has 0 spiro atoms. The van der Waals surface area contributed by atoms with E-state index in [2.05, 4.69) is 0 Å². The van der Waals surface area contributed by atoms with E-state index in [-0.39, 0.29) is 23.5 Å². The summed E-state index contributed by atoms with van der Waals surface area (Å²) in [5.74, 6) is -2.15. The molecular weight excluding hydrogens is 286 g/mol. The molecule has 120 valence electrons. The van der Waals surface area contributed by atoms with Crippen LogP contribution in [0.3, 0.4) is 0 Å². The molecule has 0 heterocycles. The van der Waals surface area contributed by atoms with Crippen LogP contribution in [-0.2, 0) is 16.0 Å². The normalized spacial score (nSPS) is 12.0. The van der Waals surface area contributed by atoms with Gasteiger partial charge in [0.1, 0.15) is 12.4 Å². The number of carboxylic acid groups (broad SMARTS) is 2. The molecule has 1 aromatic rings. The van der Waals surface area contributed by atoms with Gasteiger partial charge in [-0.05, 0) is 23.6 Å². The fourth-order valence-corrected chi connectivity index (χ4v) is 2.09. The molecule has 0 radical (unpaired) electrons. The molecule has 0 amide bonds. The van der Waals surface area contributed by atoms with Gasteiger partial charge < -0.3 is 20.7 Å². The zero-order chi connectivity index (χ0) is 16.7. The van der Waals surface area contributed by atoms with E-state index in [1.807, 2.05) is 0 Å². The number of rotatable bonds is 8. The third-order valence-corrected chi connectivity index (χ3v) is 3.08. The van der Waals surface area contributed by atoms with Crippen molar-refractivity contribution in [1.29, 1.82) is 0 Å². The number of benzene rings is 1. The van der Waals surface area contributed by atoms with Gasteiger partial charge in [-0.2, -0.15) is 0 Å². The third kappa shape index (κ3) is 4.89. The third-order valence-electron chi connectivity index (χ3n) is 3.08. The lowest BCUT2D eigenvalue weighted by molar-refractivity contribution is -0.136. The average molecular weight is 307 g/mol. The second-order valence-corrected chi connectivity index (χ2v) is 5.12. The highest BCUT2D eigenvalue weighted by Crippen LogP contribution is 2.21. The molecule has 0 aromatic heterocycles. The first kappa shape index (κ1) is 17.7. The first-order valence-electron chi connectivity index (χ1n) is 6.98. The van der Waals surface area contributed by atoms with Crippen molar-refractivity contribution in [3.05, 3.63) is 41.0 Å². The van der Waals surface area contributed by atoms with Gasteiger partial charge in [-0.1, -0.05) is 26.0 Å². The summed E-state index contributed by atoms with van der Waals surface area (Å²) in [4.78, 5) is 22.7. The number of carbonyl (C=O) groups is 2. The topological polar surface area (TPSA) is 110 Å². The van der Waals surface area contributed by atoms with Crippen molar-refractivity contribution >= 4 is 11.9 Å². The van der Waals surface area contributed by atoms with Crippen LogP contribution in [0.5, 0.6) is 5.75 Å². The van der Waals surface area contributed by atoms with Crippen LogP contribution in [0, 0.1) is 5.92 Å². The van der Waals surface area contributed by atoms with Crippen LogP contribution in [-0.4, -0.2) is 35.3 Å². The Morgan fingerprint density at radius 2 is 1.73 bits per heavy atom. The summed E-state index contributed by atoms with van der Waals surface area (Å²) in [6.07, 6.45) is 0.0479. The van der Waals surface area contributed by atoms with E-state index in [1.165, 1.54) is 0 Å². The van der Waals surface area contributed by atoms with Crippen molar-refractivity contribution in [3.8, 4) is 5.75 Å². The first-order chi connectivity index (χ1) is 10.4. The number of carboxylic acids is 2. The molecule has 6 heteroatoms. The van der Waals surface area contributed by atoms with E-state index < -0.39 is 11.9 Å². The highest BCUT2D eigenvalue weighted by atomic mass is 16.5. The van der Waals surface area contributed by atoms with Gasteiger partial charge in [0.05, 0.1) is 11.1 Å². The van der Waals surface area contributed by atoms with E-state index in [9.17, 15) is 19.8 Å². The lowest BCUT2D eigenvalue weighted by Crippen LogP contribution is -2.17. The number of hydrogen-bond donors (Lipinski definition) is 3. The summed E-state index contributed by atoms with van der Waals surface area (Å²) < 4.78 is 5.34. The Balaban J connectivity index is 3.04. The number of ether oxygens (including phenoxy) is 1. The Bertz CT molecular complexity index is 560. The Kier molecular flexibility index (Phi) is 6.59. The largest absolute Gasteiger partial charge is 0.492 e. The SMILES string of the molecule is CC(C)/C(C(=O)O)=C(\Cc1ccc(OCCN)cc1)C(=O)O. The zero-order valence-corrected chi connectivity index (χ0v) is 12.7. The van der Waals surface area contributed by atoms with Crippen LogP contribution in [0.25, 0.3) is 0 Å². The highest BCUT2D eigenvalue weighted by molar-refractivity contribution is 5.99. The summed E-state index contributed by atoms with van der Waals surface area (Å²) in [6, 6.07) is 6.85. The van der Waals surface area contributed by atoms with E-state index in [1.54, 1.807) is 38.1 Å². The monoisotopic (exact) mass is 307 g/mol. The van der Waals surface area contributed by atoms with Crippen molar-refractivity contribution in [2.75, 3.05) is 13.2 Å². The van der Waals surface area contributed by atoms with Crippen molar-refractivity contribution in [2.45, 2.75) is 20.3 Å². The predicted molar refractivity (Wildman–Crippen MR) is 81.8 cm³/mol. The van der Waals surface area contributed by atoms with E-state index in [0.717, 1.165) is 0 Å². The van der Waals surface area contributed by atoms with Gasteiger partial charge in [-0.15, -0.1) is 0 Å². The molecule has 1 rings (SSSR count). The molecule has 22 heavy (non-hydrogen) atoms. The minimum Gasteiger partial charge on any atom is -0.492 e. The number of nitrogens with two attached hydrogens (primary N) is 1. The molecule has 0 saturated carbocycles. The standard InChI is InChI=1S/C16H21NO5/c1-10(2)14(16(20)21)13(15(18)19)9-11-3-5-12(6-4-11)22-8-7-17/h3-6,10H,7-9,17H2,1-2H3,(H,18,19)(H,20,21)/b14-13-. The van der Waals surface area contributed by atoms with Crippen LogP contribution >= 0.6 is 0 Å². The summed E-state index contributed by atoms with van der Waals surface area (Å²) in [6.45, 7) is 4.13. The van der Waals surface area contributed by atoms with Crippen molar-refractivity contribution in [2.24, 2.45) is 11.7 Å². The van der Waals surface area contributed by atoms with E-state index in [4.69, 9.17) is 10.5 Å². The summed E-state index contributed by atoms with van der Waals surface area (Å²) in [7, 11) is 0. The summed E-state index contributed by atoms with van der Waals surface area (Å²) >= 11 is 0. The van der Waals surface area contributed by atoms with Gasteiger partial charge in [0.15, 0.2) is 0 Å². The Morgan fingerprint density at radius 3 is 2.14 bits per heavy atom. The molecule has 0 saturated heterocycles. The zero-order valence-electron chi connectivity index (χ0n) is 12.7. The molecule has 0 atom stereocenters. The molecule has 6 nitrogen and oxygen atoms in total. The van der Waals surface area contributed by atoms with Gasteiger partial charge in [0.25, 0.3) is 0 Å². The fourth-order valence-electron chi connectivity index (χ4n) is 2.09. The Hall–Kier alpha value is -2.34. The smallest absolute Gasteiger partial charge is 0.332 e. The molecule has 0 unspecified atom stereocenters. The maximum Gasteiger partial charge on any atom is 0.332 e. The van der Waals surface area contributed by atoms with Crippen molar-refractivity contribution in [3.63, 3.8) is 0 Å². The quantitative estimate of drug-likeness (QED) is 0.630. The maximum absolute atomic E-state index is 11.4.